The van der Waals surface area contributed by atoms with Gasteiger partial charge in [-0.2, -0.15) is 0 Å². The van der Waals surface area contributed by atoms with Crippen LogP contribution in [0.2, 0.25) is 0 Å². The lowest BCUT2D eigenvalue weighted by Gasteiger charge is -2.34. The molecule has 0 radical (unpaired) electrons. The van der Waals surface area contributed by atoms with Crippen molar-refractivity contribution in [1.29, 1.82) is 0 Å². The molecule has 0 saturated carbocycles. The standard InChI is InChI=1S/C19H23FN4O2/c1-13(22-19(26)23-15-3-2-8-21-12-15)17-11-14(20)4-5-18(17)24-9-6-16(25)7-10-24/h2-5,8,11-13,16,25H,6-7,9-10H2,1H3,(H2,22,23,26). The van der Waals surface area contributed by atoms with Gasteiger partial charge >= 0.3 is 6.03 Å². The highest BCUT2D eigenvalue weighted by Crippen LogP contribution is 2.29. The lowest BCUT2D eigenvalue weighted by Crippen LogP contribution is -2.37. The van der Waals surface area contributed by atoms with Gasteiger partial charge in [0.1, 0.15) is 5.82 Å². The molecular formula is C19H23FN4O2. The van der Waals surface area contributed by atoms with Gasteiger partial charge in [0.15, 0.2) is 0 Å². The van der Waals surface area contributed by atoms with Crippen molar-refractivity contribution in [1.82, 2.24) is 10.3 Å². The third kappa shape index (κ3) is 4.49. The van der Waals surface area contributed by atoms with Gasteiger partial charge in [0.25, 0.3) is 0 Å². The molecule has 1 aromatic carbocycles. The predicted molar refractivity (Wildman–Crippen MR) is 98.7 cm³/mol. The monoisotopic (exact) mass is 358 g/mol. The second-order valence-corrected chi connectivity index (χ2v) is 6.48. The van der Waals surface area contributed by atoms with E-state index in [1.165, 1.54) is 12.1 Å². The van der Waals surface area contributed by atoms with E-state index >= 15 is 0 Å². The van der Waals surface area contributed by atoms with Crippen LogP contribution in [0.5, 0.6) is 0 Å². The lowest BCUT2D eigenvalue weighted by atomic mass is 10.0. The molecule has 1 aliphatic heterocycles. The first-order valence-corrected chi connectivity index (χ1v) is 8.73. The second kappa shape index (κ2) is 8.14. The van der Waals surface area contributed by atoms with E-state index in [-0.39, 0.29) is 24.0 Å². The summed E-state index contributed by atoms with van der Waals surface area (Å²) in [5.74, 6) is -0.345. The maximum absolute atomic E-state index is 13.8. The van der Waals surface area contributed by atoms with Crippen molar-refractivity contribution >= 4 is 17.4 Å². The molecule has 138 valence electrons. The smallest absolute Gasteiger partial charge is 0.319 e. The summed E-state index contributed by atoms with van der Waals surface area (Å²) in [6, 6.07) is 7.32. The molecule has 2 amide bonds. The minimum atomic E-state index is -0.385. The fraction of sp³-hybridized carbons (Fsp3) is 0.368. The molecule has 26 heavy (non-hydrogen) atoms. The minimum Gasteiger partial charge on any atom is -0.393 e. The van der Waals surface area contributed by atoms with Gasteiger partial charge in [-0.1, -0.05) is 0 Å². The number of hydrogen-bond donors (Lipinski definition) is 3. The van der Waals surface area contributed by atoms with Crippen LogP contribution in [0.4, 0.5) is 20.6 Å². The number of pyridine rings is 1. The molecule has 6 nitrogen and oxygen atoms in total. The number of carbonyl (C=O) groups is 1. The zero-order valence-electron chi connectivity index (χ0n) is 14.7. The van der Waals surface area contributed by atoms with Crippen LogP contribution in [-0.2, 0) is 0 Å². The highest BCUT2D eigenvalue weighted by molar-refractivity contribution is 5.89. The molecular weight excluding hydrogens is 335 g/mol. The van der Waals surface area contributed by atoms with Crippen molar-refractivity contribution in [2.24, 2.45) is 0 Å². The van der Waals surface area contributed by atoms with E-state index in [9.17, 15) is 14.3 Å². The fourth-order valence-electron chi connectivity index (χ4n) is 3.15. The van der Waals surface area contributed by atoms with Gasteiger partial charge in [-0.05, 0) is 50.1 Å². The van der Waals surface area contributed by atoms with Gasteiger partial charge in [-0.25, -0.2) is 9.18 Å². The number of piperidine rings is 1. The van der Waals surface area contributed by atoms with E-state index in [1.54, 1.807) is 30.6 Å². The number of nitrogens with one attached hydrogen (secondary N) is 2. The number of amides is 2. The zero-order valence-corrected chi connectivity index (χ0v) is 14.7. The van der Waals surface area contributed by atoms with Crippen LogP contribution < -0.4 is 15.5 Å². The number of hydrogen-bond acceptors (Lipinski definition) is 4. The molecule has 3 N–H and O–H groups in total. The summed E-state index contributed by atoms with van der Waals surface area (Å²) in [5.41, 5.74) is 2.18. The Balaban J connectivity index is 1.72. The van der Waals surface area contributed by atoms with E-state index in [4.69, 9.17) is 0 Å². The number of anilines is 2. The number of carbonyl (C=O) groups excluding carboxylic acids is 1. The summed E-state index contributed by atoms with van der Waals surface area (Å²) >= 11 is 0. The van der Waals surface area contributed by atoms with Gasteiger partial charge in [0.2, 0.25) is 0 Å². The minimum absolute atomic E-state index is 0.282. The summed E-state index contributed by atoms with van der Waals surface area (Å²) in [6.07, 6.45) is 4.26. The molecule has 7 heteroatoms. The van der Waals surface area contributed by atoms with Crippen molar-refractivity contribution < 1.29 is 14.3 Å². The Morgan fingerprint density at radius 1 is 1.35 bits per heavy atom. The number of aromatic nitrogens is 1. The van der Waals surface area contributed by atoms with Gasteiger partial charge in [0, 0.05) is 30.5 Å². The summed E-state index contributed by atoms with van der Waals surface area (Å²) in [5, 5.41) is 15.2. The first-order valence-electron chi connectivity index (χ1n) is 8.73. The van der Waals surface area contributed by atoms with Gasteiger partial charge in [-0.15, -0.1) is 0 Å². The van der Waals surface area contributed by atoms with Crippen molar-refractivity contribution in [2.75, 3.05) is 23.3 Å². The maximum atomic E-state index is 13.8. The third-order valence-corrected chi connectivity index (χ3v) is 4.53. The molecule has 1 aliphatic rings. The first-order chi connectivity index (χ1) is 12.5. The number of urea groups is 1. The Morgan fingerprint density at radius 2 is 2.12 bits per heavy atom. The molecule has 1 aromatic heterocycles. The van der Waals surface area contributed by atoms with Crippen LogP contribution in [0.15, 0.2) is 42.7 Å². The Morgan fingerprint density at radius 3 is 2.81 bits per heavy atom. The summed E-state index contributed by atoms with van der Waals surface area (Å²) in [6.45, 7) is 3.22. The van der Waals surface area contributed by atoms with Gasteiger partial charge in [0.05, 0.1) is 24.0 Å². The predicted octanol–water partition coefficient (Wildman–Crippen LogP) is 3.06. The average Bonchev–Trinajstić information content (AvgIpc) is 2.63. The SMILES string of the molecule is CC(NC(=O)Nc1cccnc1)c1cc(F)ccc1N1CCC(O)CC1. The third-order valence-electron chi connectivity index (χ3n) is 4.53. The molecule has 1 fully saturated rings. The average molecular weight is 358 g/mol. The van der Waals surface area contributed by atoms with Crippen LogP contribution >= 0.6 is 0 Å². The molecule has 1 unspecified atom stereocenters. The van der Waals surface area contributed by atoms with E-state index in [1.807, 2.05) is 6.92 Å². The van der Waals surface area contributed by atoms with E-state index in [0.29, 0.717) is 37.2 Å². The van der Waals surface area contributed by atoms with Crippen molar-refractivity contribution in [3.8, 4) is 0 Å². The molecule has 2 aromatic rings. The Bertz CT molecular complexity index is 748. The molecule has 0 aliphatic carbocycles. The molecule has 1 saturated heterocycles. The molecule has 1 atom stereocenters. The molecule has 3 rings (SSSR count). The second-order valence-electron chi connectivity index (χ2n) is 6.48. The number of aliphatic hydroxyl groups is 1. The number of aliphatic hydroxyl groups excluding tert-OH is 1. The van der Waals surface area contributed by atoms with Crippen LogP contribution in [0, 0.1) is 5.82 Å². The summed E-state index contributed by atoms with van der Waals surface area (Å²) in [4.78, 5) is 18.3. The van der Waals surface area contributed by atoms with Crippen LogP contribution in [-0.4, -0.2) is 35.3 Å². The largest absolute Gasteiger partial charge is 0.393 e. The van der Waals surface area contributed by atoms with Crippen LogP contribution in [0.1, 0.15) is 31.4 Å². The number of nitrogens with zero attached hydrogens (tertiary/aromatic N) is 2. The van der Waals surface area contributed by atoms with Gasteiger partial charge in [-0.3, -0.25) is 4.98 Å². The molecule has 0 bridgehead atoms. The summed E-state index contributed by atoms with van der Waals surface area (Å²) < 4.78 is 13.8. The first kappa shape index (κ1) is 18.1. The highest BCUT2D eigenvalue weighted by atomic mass is 19.1. The number of rotatable bonds is 4. The van der Waals surface area contributed by atoms with E-state index in [0.717, 1.165) is 5.69 Å². The Kier molecular flexibility index (Phi) is 5.68. The Labute approximate surface area is 152 Å². The number of halogens is 1. The zero-order chi connectivity index (χ0) is 18.5. The number of benzene rings is 1. The van der Waals surface area contributed by atoms with Crippen molar-refractivity contribution in [2.45, 2.75) is 31.9 Å². The van der Waals surface area contributed by atoms with Gasteiger partial charge < -0.3 is 20.6 Å². The van der Waals surface area contributed by atoms with Crippen LogP contribution in [0.25, 0.3) is 0 Å². The molecule has 0 spiro atoms. The summed E-state index contributed by atoms with van der Waals surface area (Å²) in [7, 11) is 0. The van der Waals surface area contributed by atoms with Crippen molar-refractivity contribution in [3.63, 3.8) is 0 Å². The van der Waals surface area contributed by atoms with Crippen molar-refractivity contribution in [3.05, 3.63) is 54.1 Å². The maximum Gasteiger partial charge on any atom is 0.319 e. The highest BCUT2D eigenvalue weighted by Gasteiger charge is 2.22. The normalized spacial score (nSPS) is 16.2. The Hall–Kier alpha value is -2.67. The topological polar surface area (TPSA) is 77.5 Å². The van der Waals surface area contributed by atoms with Crippen LogP contribution in [0.3, 0.4) is 0 Å². The van der Waals surface area contributed by atoms with E-state index in [2.05, 4.69) is 20.5 Å². The quantitative estimate of drug-likeness (QED) is 0.785. The molecule has 2 heterocycles. The fourth-order valence-corrected chi connectivity index (χ4v) is 3.15. The lowest BCUT2D eigenvalue weighted by molar-refractivity contribution is 0.145. The van der Waals surface area contributed by atoms with E-state index < -0.39 is 0 Å².